The molecule has 1 saturated carbocycles. The minimum Gasteiger partial charge on any atom is -0.335 e. The maximum absolute atomic E-state index is 12.8. The number of carbonyl (C=O) groups excluding carboxylic acids is 1. The van der Waals surface area contributed by atoms with Gasteiger partial charge in [-0.05, 0) is 37.5 Å². The van der Waals surface area contributed by atoms with Crippen LogP contribution in [0.25, 0.3) is 10.9 Å². The fraction of sp³-hybridized carbons (Fsp3) is 0.318. The van der Waals surface area contributed by atoms with Crippen molar-refractivity contribution in [2.45, 2.75) is 45.2 Å². The maximum atomic E-state index is 12.8. The lowest BCUT2D eigenvalue weighted by molar-refractivity contribution is -0.132. The summed E-state index contributed by atoms with van der Waals surface area (Å²) in [6, 6.07) is 15.9. The monoisotopic (exact) mass is 361 g/mol. The molecule has 1 N–H and O–H groups in total. The molecule has 1 heterocycles. The molecule has 138 valence electrons. The molecular weight excluding hydrogens is 338 g/mol. The Labute approximate surface area is 158 Å². The van der Waals surface area contributed by atoms with Gasteiger partial charge in [-0.15, -0.1) is 0 Å². The molecular formula is C22H23N3O2. The van der Waals surface area contributed by atoms with Gasteiger partial charge in [-0.25, -0.2) is 4.98 Å². The molecule has 0 radical (unpaired) electrons. The zero-order valence-electron chi connectivity index (χ0n) is 15.4. The standard InChI is InChI=1S/C22H23N3O2/c1-15-6-8-16(9-7-15)14-25(17-10-11-17)21(26)13-12-20-23-19-5-3-2-4-18(19)22(27)24-20/h2-9,17H,10-14H2,1H3,(H,23,24,27). The van der Waals surface area contributed by atoms with Crippen LogP contribution < -0.4 is 5.56 Å². The van der Waals surface area contributed by atoms with Crippen molar-refractivity contribution in [2.24, 2.45) is 0 Å². The Morgan fingerprint density at radius 3 is 2.63 bits per heavy atom. The van der Waals surface area contributed by atoms with E-state index in [1.807, 2.05) is 23.1 Å². The van der Waals surface area contributed by atoms with E-state index in [-0.39, 0.29) is 11.5 Å². The number of hydrogen-bond donors (Lipinski definition) is 1. The van der Waals surface area contributed by atoms with E-state index >= 15 is 0 Å². The lowest BCUT2D eigenvalue weighted by Gasteiger charge is -2.22. The summed E-state index contributed by atoms with van der Waals surface area (Å²) in [6.07, 6.45) is 2.94. The number of hydrogen-bond acceptors (Lipinski definition) is 3. The van der Waals surface area contributed by atoms with E-state index < -0.39 is 0 Å². The summed E-state index contributed by atoms with van der Waals surface area (Å²) >= 11 is 0. The van der Waals surface area contributed by atoms with Gasteiger partial charge in [-0.3, -0.25) is 9.59 Å². The molecule has 0 saturated heterocycles. The molecule has 0 bridgehead atoms. The van der Waals surface area contributed by atoms with E-state index in [4.69, 9.17) is 0 Å². The van der Waals surface area contributed by atoms with E-state index in [0.717, 1.165) is 18.4 Å². The van der Waals surface area contributed by atoms with E-state index in [2.05, 4.69) is 41.2 Å². The Balaban J connectivity index is 1.45. The van der Waals surface area contributed by atoms with Crippen LogP contribution in [0.3, 0.4) is 0 Å². The maximum Gasteiger partial charge on any atom is 0.258 e. The van der Waals surface area contributed by atoms with Crippen LogP contribution in [-0.4, -0.2) is 26.8 Å². The Kier molecular flexibility index (Phi) is 4.75. The summed E-state index contributed by atoms with van der Waals surface area (Å²) in [4.78, 5) is 34.3. The molecule has 1 aliphatic rings. The zero-order chi connectivity index (χ0) is 18.8. The second kappa shape index (κ2) is 7.35. The van der Waals surface area contributed by atoms with E-state index in [1.165, 1.54) is 5.56 Å². The molecule has 1 fully saturated rings. The molecule has 3 aromatic rings. The van der Waals surface area contributed by atoms with E-state index in [0.29, 0.717) is 42.2 Å². The van der Waals surface area contributed by atoms with Crippen LogP contribution in [-0.2, 0) is 17.8 Å². The minimum absolute atomic E-state index is 0.119. The van der Waals surface area contributed by atoms with Crippen LogP contribution in [0.4, 0.5) is 0 Å². The van der Waals surface area contributed by atoms with Gasteiger partial charge in [-0.1, -0.05) is 42.0 Å². The molecule has 0 atom stereocenters. The molecule has 27 heavy (non-hydrogen) atoms. The lowest BCUT2D eigenvalue weighted by Crippen LogP contribution is -2.33. The number of nitrogens with zero attached hydrogens (tertiary/aromatic N) is 2. The lowest BCUT2D eigenvalue weighted by atomic mass is 10.1. The summed E-state index contributed by atoms with van der Waals surface area (Å²) in [5, 5.41) is 0.576. The summed E-state index contributed by atoms with van der Waals surface area (Å²) in [5.41, 5.74) is 2.89. The highest BCUT2D eigenvalue weighted by molar-refractivity contribution is 5.78. The predicted molar refractivity (Wildman–Crippen MR) is 105 cm³/mol. The molecule has 0 spiro atoms. The van der Waals surface area contributed by atoms with Gasteiger partial charge >= 0.3 is 0 Å². The van der Waals surface area contributed by atoms with Crippen molar-refractivity contribution >= 4 is 16.8 Å². The minimum atomic E-state index is -0.151. The summed E-state index contributed by atoms with van der Waals surface area (Å²) in [7, 11) is 0. The first kappa shape index (κ1) is 17.5. The van der Waals surface area contributed by atoms with E-state index in [9.17, 15) is 9.59 Å². The number of nitrogens with one attached hydrogen (secondary N) is 1. The van der Waals surface area contributed by atoms with Crippen molar-refractivity contribution in [1.82, 2.24) is 14.9 Å². The van der Waals surface area contributed by atoms with Gasteiger partial charge in [0, 0.05) is 25.4 Å². The highest BCUT2D eigenvalue weighted by atomic mass is 16.2. The quantitative estimate of drug-likeness (QED) is 0.732. The average Bonchev–Trinajstić information content (AvgIpc) is 3.51. The number of para-hydroxylation sites is 1. The third-order valence-corrected chi connectivity index (χ3v) is 5.02. The average molecular weight is 361 g/mol. The molecule has 0 aliphatic heterocycles. The molecule has 5 nitrogen and oxygen atoms in total. The number of aromatic nitrogens is 2. The van der Waals surface area contributed by atoms with Gasteiger partial charge in [-0.2, -0.15) is 0 Å². The topological polar surface area (TPSA) is 66.1 Å². The van der Waals surface area contributed by atoms with Crippen LogP contribution >= 0.6 is 0 Å². The molecule has 4 rings (SSSR count). The van der Waals surface area contributed by atoms with Crippen molar-refractivity contribution in [2.75, 3.05) is 0 Å². The van der Waals surface area contributed by atoms with Gasteiger partial charge in [0.25, 0.3) is 5.56 Å². The highest BCUT2D eigenvalue weighted by Crippen LogP contribution is 2.29. The normalized spacial score (nSPS) is 13.7. The molecule has 1 aromatic heterocycles. The van der Waals surface area contributed by atoms with E-state index in [1.54, 1.807) is 6.07 Å². The van der Waals surface area contributed by atoms with Gasteiger partial charge in [0.05, 0.1) is 10.9 Å². The number of aromatic amines is 1. The smallest absolute Gasteiger partial charge is 0.258 e. The highest BCUT2D eigenvalue weighted by Gasteiger charge is 2.32. The zero-order valence-corrected chi connectivity index (χ0v) is 15.4. The van der Waals surface area contributed by atoms with Crippen molar-refractivity contribution in [3.8, 4) is 0 Å². The Hall–Kier alpha value is -2.95. The first-order valence-corrected chi connectivity index (χ1v) is 9.43. The Morgan fingerprint density at radius 1 is 1.15 bits per heavy atom. The van der Waals surface area contributed by atoms with Crippen molar-refractivity contribution in [3.05, 3.63) is 75.8 Å². The van der Waals surface area contributed by atoms with Gasteiger partial charge < -0.3 is 9.88 Å². The van der Waals surface area contributed by atoms with Crippen LogP contribution in [0.2, 0.25) is 0 Å². The molecule has 2 aromatic carbocycles. The van der Waals surface area contributed by atoms with Gasteiger partial charge in [0.2, 0.25) is 5.91 Å². The number of benzene rings is 2. The first-order chi connectivity index (χ1) is 13.1. The number of aryl methyl sites for hydroxylation is 2. The number of carbonyl (C=O) groups is 1. The van der Waals surface area contributed by atoms with Gasteiger partial charge in [0.1, 0.15) is 5.82 Å². The Bertz CT molecular complexity index is 1020. The number of amides is 1. The predicted octanol–water partition coefficient (Wildman–Crippen LogP) is 3.36. The summed E-state index contributed by atoms with van der Waals surface area (Å²) in [6.45, 7) is 2.70. The fourth-order valence-electron chi connectivity index (χ4n) is 3.32. The van der Waals surface area contributed by atoms with Crippen molar-refractivity contribution in [3.63, 3.8) is 0 Å². The molecule has 1 aliphatic carbocycles. The third kappa shape index (κ3) is 4.08. The molecule has 1 amide bonds. The number of rotatable bonds is 6. The van der Waals surface area contributed by atoms with Crippen LogP contribution in [0.5, 0.6) is 0 Å². The second-order valence-electron chi connectivity index (χ2n) is 7.27. The number of H-pyrrole nitrogens is 1. The largest absolute Gasteiger partial charge is 0.335 e. The molecule has 0 unspecified atom stereocenters. The van der Waals surface area contributed by atoms with Crippen LogP contribution in [0.1, 0.15) is 36.2 Å². The van der Waals surface area contributed by atoms with Crippen molar-refractivity contribution in [1.29, 1.82) is 0 Å². The Morgan fingerprint density at radius 2 is 1.89 bits per heavy atom. The number of fused-ring (bicyclic) bond motifs is 1. The van der Waals surface area contributed by atoms with Crippen LogP contribution in [0, 0.1) is 6.92 Å². The van der Waals surface area contributed by atoms with Gasteiger partial charge in [0.15, 0.2) is 0 Å². The SMILES string of the molecule is Cc1ccc(CN(C(=O)CCc2nc3ccccc3c(=O)[nH]2)C2CC2)cc1. The van der Waals surface area contributed by atoms with Crippen molar-refractivity contribution < 1.29 is 4.79 Å². The summed E-state index contributed by atoms with van der Waals surface area (Å²) in [5.74, 6) is 0.687. The van der Waals surface area contributed by atoms with Crippen LogP contribution in [0.15, 0.2) is 53.3 Å². The second-order valence-corrected chi connectivity index (χ2v) is 7.27. The fourth-order valence-corrected chi connectivity index (χ4v) is 3.32. The molecule has 5 heteroatoms. The third-order valence-electron chi connectivity index (χ3n) is 5.02. The first-order valence-electron chi connectivity index (χ1n) is 9.43. The summed E-state index contributed by atoms with van der Waals surface area (Å²) < 4.78 is 0.